The molecule has 6 nitrogen and oxygen atoms in total. The van der Waals surface area contributed by atoms with Gasteiger partial charge in [0.1, 0.15) is 5.82 Å². The van der Waals surface area contributed by atoms with E-state index in [2.05, 4.69) is 27.3 Å². The van der Waals surface area contributed by atoms with E-state index < -0.39 is 0 Å². The van der Waals surface area contributed by atoms with Crippen molar-refractivity contribution < 1.29 is 0 Å². The molecule has 0 saturated carbocycles. The average Bonchev–Trinajstić information content (AvgIpc) is 2.67. The van der Waals surface area contributed by atoms with E-state index >= 15 is 0 Å². The van der Waals surface area contributed by atoms with Gasteiger partial charge in [-0.15, -0.1) is 0 Å². The zero-order valence-electron chi connectivity index (χ0n) is 12.6. The number of nitrogens with zero attached hydrogens (tertiary/aromatic N) is 3. The summed E-state index contributed by atoms with van der Waals surface area (Å²) in [7, 11) is 1.89. The number of hydrogen-bond donors (Lipinski definition) is 2. The Kier molecular flexibility index (Phi) is 3.92. The van der Waals surface area contributed by atoms with Gasteiger partial charge in [-0.2, -0.15) is 5.10 Å². The monoisotopic (exact) mass is 275 g/mol. The molecule has 0 amide bonds. The Labute approximate surface area is 118 Å². The van der Waals surface area contributed by atoms with Crippen LogP contribution >= 0.6 is 0 Å². The van der Waals surface area contributed by atoms with Gasteiger partial charge in [-0.25, -0.2) is 4.98 Å². The van der Waals surface area contributed by atoms with Crippen LogP contribution in [0.2, 0.25) is 0 Å². The molecule has 0 radical (unpaired) electrons. The van der Waals surface area contributed by atoms with Gasteiger partial charge in [0.05, 0.1) is 28.7 Å². The summed E-state index contributed by atoms with van der Waals surface area (Å²) in [4.78, 5) is 19.2. The fourth-order valence-corrected chi connectivity index (χ4v) is 2.47. The van der Waals surface area contributed by atoms with E-state index in [0.717, 1.165) is 23.5 Å². The van der Waals surface area contributed by atoms with Gasteiger partial charge in [0.2, 0.25) is 0 Å². The Hall–Kier alpha value is -2.11. The molecule has 0 saturated heterocycles. The molecule has 2 rings (SSSR count). The Morgan fingerprint density at radius 3 is 2.75 bits per heavy atom. The molecule has 0 aliphatic carbocycles. The third-order valence-corrected chi connectivity index (χ3v) is 3.31. The van der Waals surface area contributed by atoms with Gasteiger partial charge in [-0.3, -0.25) is 9.48 Å². The van der Waals surface area contributed by atoms with E-state index in [1.165, 1.54) is 0 Å². The molecule has 0 spiro atoms. The van der Waals surface area contributed by atoms with Crippen molar-refractivity contribution in [1.82, 2.24) is 19.7 Å². The molecule has 2 aromatic heterocycles. The molecule has 2 N–H and O–H groups in total. The summed E-state index contributed by atoms with van der Waals surface area (Å²) < 4.78 is 1.78. The van der Waals surface area contributed by atoms with E-state index in [1.807, 2.05) is 27.1 Å². The Bertz CT molecular complexity index is 671. The quantitative estimate of drug-likeness (QED) is 0.893. The molecule has 108 valence electrons. The zero-order chi connectivity index (χ0) is 14.9. The van der Waals surface area contributed by atoms with Crippen molar-refractivity contribution in [2.24, 2.45) is 7.05 Å². The summed E-state index contributed by atoms with van der Waals surface area (Å²) in [6.45, 7) is 7.66. The number of aromatic nitrogens is 4. The summed E-state index contributed by atoms with van der Waals surface area (Å²) in [6, 6.07) is -0.124. The van der Waals surface area contributed by atoms with Crippen molar-refractivity contribution in [2.75, 3.05) is 5.32 Å². The van der Waals surface area contributed by atoms with E-state index in [4.69, 9.17) is 0 Å². The lowest BCUT2D eigenvalue weighted by Crippen LogP contribution is -2.23. The molecule has 1 atom stereocenters. The van der Waals surface area contributed by atoms with Gasteiger partial charge in [-0.1, -0.05) is 6.92 Å². The maximum absolute atomic E-state index is 12.1. The number of nitrogens with one attached hydrogen (secondary N) is 2. The average molecular weight is 275 g/mol. The van der Waals surface area contributed by atoms with Crippen LogP contribution in [-0.4, -0.2) is 19.7 Å². The van der Waals surface area contributed by atoms with Crippen molar-refractivity contribution in [3.8, 4) is 0 Å². The third kappa shape index (κ3) is 2.74. The van der Waals surface area contributed by atoms with Crippen LogP contribution < -0.4 is 10.9 Å². The van der Waals surface area contributed by atoms with Crippen molar-refractivity contribution in [2.45, 2.75) is 40.2 Å². The highest BCUT2D eigenvalue weighted by Gasteiger charge is 2.16. The second-order valence-electron chi connectivity index (χ2n) is 5.03. The van der Waals surface area contributed by atoms with Crippen LogP contribution in [0.5, 0.6) is 0 Å². The number of anilines is 1. The number of rotatable bonds is 4. The number of aryl methyl sites for hydroxylation is 4. The van der Waals surface area contributed by atoms with E-state index in [0.29, 0.717) is 11.4 Å². The highest BCUT2D eigenvalue weighted by molar-refractivity contribution is 5.48. The fourth-order valence-electron chi connectivity index (χ4n) is 2.47. The van der Waals surface area contributed by atoms with Crippen molar-refractivity contribution in [3.05, 3.63) is 39.3 Å². The first-order valence-electron chi connectivity index (χ1n) is 6.78. The van der Waals surface area contributed by atoms with Crippen molar-refractivity contribution in [1.29, 1.82) is 0 Å². The topological polar surface area (TPSA) is 75.6 Å². The minimum atomic E-state index is -0.124. The molecule has 0 aromatic carbocycles. The summed E-state index contributed by atoms with van der Waals surface area (Å²) in [6.07, 6.45) is 2.78. The molecule has 0 aliphatic heterocycles. The van der Waals surface area contributed by atoms with Crippen molar-refractivity contribution in [3.63, 3.8) is 0 Å². The van der Waals surface area contributed by atoms with Gasteiger partial charge in [0.15, 0.2) is 0 Å². The van der Waals surface area contributed by atoms with Crippen LogP contribution in [0.25, 0.3) is 0 Å². The molecule has 0 aliphatic rings. The normalized spacial score (nSPS) is 12.4. The lowest BCUT2D eigenvalue weighted by atomic mass is 10.1. The largest absolute Gasteiger partial charge is 0.375 e. The summed E-state index contributed by atoms with van der Waals surface area (Å²) in [5.74, 6) is 0.638. The second kappa shape index (κ2) is 5.48. The summed E-state index contributed by atoms with van der Waals surface area (Å²) in [5, 5.41) is 7.74. The van der Waals surface area contributed by atoms with Crippen LogP contribution in [0.1, 0.15) is 42.7 Å². The number of H-pyrrole nitrogens is 1. The minimum absolute atomic E-state index is 0.0862. The molecule has 1 unspecified atom stereocenters. The predicted octanol–water partition coefficient (Wildman–Crippen LogP) is 1.86. The Balaban J connectivity index is 2.33. The molecule has 0 fully saturated rings. The van der Waals surface area contributed by atoms with Gasteiger partial charge < -0.3 is 10.3 Å². The summed E-state index contributed by atoms with van der Waals surface area (Å²) in [5.41, 5.74) is 3.29. The van der Waals surface area contributed by atoms with E-state index in [9.17, 15) is 4.79 Å². The van der Waals surface area contributed by atoms with Crippen LogP contribution in [0.3, 0.4) is 0 Å². The number of aromatic amines is 1. The fraction of sp³-hybridized carbons (Fsp3) is 0.500. The van der Waals surface area contributed by atoms with Gasteiger partial charge >= 0.3 is 0 Å². The zero-order valence-corrected chi connectivity index (χ0v) is 12.6. The Morgan fingerprint density at radius 2 is 2.15 bits per heavy atom. The van der Waals surface area contributed by atoms with Gasteiger partial charge in [-0.05, 0) is 27.2 Å². The minimum Gasteiger partial charge on any atom is -0.375 e. The molecule has 2 heterocycles. The SMILES string of the molecule is CCc1nn(C)cc1NC(C)c1c(C)nc(C)[nH]c1=O. The van der Waals surface area contributed by atoms with E-state index in [-0.39, 0.29) is 11.6 Å². The smallest absolute Gasteiger partial charge is 0.256 e. The van der Waals surface area contributed by atoms with Crippen LogP contribution in [0.15, 0.2) is 11.0 Å². The molecular weight excluding hydrogens is 254 g/mol. The van der Waals surface area contributed by atoms with Crippen molar-refractivity contribution >= 4 is 5.69 Å². The predicted molar refractivity (Wildman–Crippen MR) is 79.0 cm³/mol. The van der Waals surface area contributed by atoms with Gasteiger partial charge in [0.25, 0.3) is 5.56 Å². The summed E-state index contributed by atoms with van der Waals surface area (Å²) >= 11 is 0. The standard InChI is InChI=1S/C14H21N5O/c1-6-11-12(7-19(5)18-11)16-9(3)13-8(2)15-10(4)17-14(13)20/h7,9,16H,6H2,1-5H3,(H,15,17,20). The molecular formula is C14H21N5O. The maximum atomic E-state index is 12.1. The molecule has 6 heteroatoms. The Morgan fingerprint density at radius 1 is 1.45 bits per heavy atom. The first-order chi connectivity index (χ1) is 9.42. The maximum Gasteiger partial charge on any atom is 0.256 e. The highest BCUT2D eigenvalue weighted by Crippen LogP contribution is 2.21. The molecule has 20 heavy (non-hydrogen) atoms. The first-order valence-corrected chi connectivity index (χ1v) is 6.78. The van der Waals surface area contributed by atoms with Crippen LogP contribution in [-0.2, 0) is 13.5 Å². The molecule has 0 bridgehead atoms. The van der Waals surface area contributed by atoms with Crippen LogP contribution in [0, 0.1) is 13.8 Å². The van der Waals surface area contributed by atoms with Crippen LogP contribution in [0.4, 0.5) is 5.69 Å². The van der Waals surface area contributed by atoms with E-state index in [1.54, 1.807) is 11.6 Å². The second-order valence-corrected chi connectivity index (χ2v) is 5.03. The lowest BCUT2D eigenvalue weighted by Gasteiger charge is -2.16. The third-order valence-electron chi connectivity index (χ3n) is 3.31. The number of hydrogen-bond acceptors (Lipinski definition) is 4. The van der Waals surface area contributed by atoms with Gasteiger partial charge in [0, 0.05) is 13.2 Å². The highest BCUT2D eigenvalue weighted by atomic mass is 16.1. The first kappa shape index (κ1) is 14.3. The lowest BCUT2D eigenvalue weighted by molar-refractivity contribution is 0.746. The molecule has 2 aromatic rings.